The van der Waals surface area contributed by atoms with Crippen molar-refractivity contribution in [2.75, 3.05) is 5.32 Å². The molecule has 0 aromatic heterocycles. The molecule has 0 spiro atoms. The van der Waals surface area contributed by atoms with E-state index < -0.39 is 5.97 Å². The second-order valence-corrected chi connectivity index (χ2v) is 4.73. The van der Waals surface area contributed by atoms with Crippen LogP contribution in [0.15, 0.2) is 53.0 Å². The van der Waals surface area contributed by atoms with Gasteiger partial charge in [-0.05, 0) is 30.3 Å². The molecule has 2 aromatic rings. The lowest BCUT2D eigenvalue weighted by Crippen LogP contribution is -2.14. The average molecular weight is 320 g/mol. The van der Waals surface area contributed by atoms with Gasteiger partial charge in [-0.1, -0.05) is 34.1 Å². The molecule has 0 aliphatic carbocycles. The van der Waals surface area contributed by atoms with E-state index in [1.54, 1.807) is 42.5 Å². The third-order valence-electron chi connectivity index (χ3n) is 2.50. The highest BCUT2D eigenvalue weighted by Gasteiger charge is 2.13. The summed E-state index contributed by atoms with van der Waals surface area (Å²) in [5.74, 6) is -1.44. The van der Waals surface area contributed by atoms with Gasteiger partial charge in [-0.25, -0.2) is 4.79 Å². The minimum absolute atomic E-state index is 0.0404. The first-order chi connectivity index (χ1) is 9.08. The van der Waals surface area contributed by atoms with E-state index in [4.69, 9.17) is 5.11 Å². The van der Waals surface area contributed by atoms with Crippen LogP contribution in [0.4, 0.5) is 5.69 Å². The Morgan fingerprint density at radius 1 is 1.05 bits per heavy atom. The Balaban J connectivity index is 2.29. The van der Waals surface area contributed by atoms with Crippen molar-refractivity contribution >= 4 is 33.5 Å². The number of carbonyl (C=O) groups excluding carboxylic acids is 1. The van der Waals surface area contributed by atoms with Crippen molar-refractivity contribution in [2.24, 2.45) is 0 Å². The van der Waals surface area contributed by atoms with Gasteiger partial charge in [0.05, 0.1) is 11.3 Å². The van der Waals surface area contributed by atoms with Gasteiger partial charge in [0.25, 0.3) is 5.91 Å². The molecule has 0 unspecified atom stereocenters. The lowest BCUT2D eigenvalue weighted by Gasteiger charge is -2.08. The lowest BCUT2D eigenvalue weighted by atomic mass is 10.1. The highest BCUT2D eigenvalue weighted by Crippen LogP contribution is 2.21. The number of carboxylic acid groups (broad SMARTS) is 1. The Morgan fingerprint density at radius 3 is 2.37 bits per heavy atom. The first-order valence-electron chi connectivity index (χ1n) is 5.47. The highest BCUT2D eigenvalue weighted by molar-refractivity contribution is 9.10. The van der Waals surface area contributed by atoms with Crippen molar-refractivity contribution in [2.45, 2.75) is 0 Å². The van der Waals surface area contributed by atoms with Crippen molar-refractivity contribution in [3.63, 3.8) is 0 Å². The number of hydrogen-bond acceptors (Lipinski definition) is 2. The largest absolute Gasteiger partial charge is 0.478 e. The van der Waals surface area contributed by atoms with E-state index in [1.165, 1.54) is 6.07 Å². The van der Waals surface area contributed by atoms with Gasteiger partial charge in [-0.15, -0.1) is 0 Å². The zero-order valence-corrected chi connectivity index (χ0v) is 11.3. The van der Waals surface area contributed by atoms with Gasteiger partial charge in [0, 0.05) is 10.0 Å². The molecule has 2 N–H and O–H groups in total. The molecule has 5 heteroatoms. The van der Waals surface area contributed by atoms with Crippen LogP contribution in [0.2, 0.25) is 0 Å². The molecular weight excluding hydrogens is 310 g/mol. The standard InChI is InChI=1S/C14H10BrNO3/c15-10-6-7-12(11(8-10)14(18)19)16-13(17)9-4-2-1-3-5-9/h1-8H,(H,16,17)(H,18,19). The number of rotatable bonds is 3. The number of aromatic carboxylic acids is 1. The van der Waals surface area contributed by atoms with Crippen molar-refractivity contribution in [3.05, 3.63) is 64.1 Å². The van der Waals surface area contributed by atoms with E-state index in [-0.39, 0.29) is 17.2 Å². The van der Waals surface area contributed by atoms with Gasteiger partial charge in [0.15, 0.2) is 0 Å². The fourth-order valence-electron chi connectivity index (χ4n) is 1.59. The fourth-order valence-corrected chi connectivity index (χ4v) is 1.95. The number of halogens is 1. The number of carbonyl (C=O) groups is 2. The first-order valence-corrected chi connectivity index (χ1v) is 6.26. The molecule has 0 aliphatic rings. The van der Waals surface area contributed by atoms with Gasteiger partial charge >= 0.3 is 5.97 Å². The summed E-state index contributed by atoms with van der Waals surface area (Å²) in [5.41, 5.74) is 0.782. The van der Waals surface area contributed by atoms with E-state index in [9.17, 15) is 9.59 Å². The molecule has 0 radical (unpaired) electrons. The summed E-state index contributed by atoms with van der Waals surface area (Å²) in [6.45, 7) is 0. The maximum absolute atomic E-state index is 12.0. The third kappa shape index (κ3) is 3.20. The lowest BCUT2D eigenvalue weighted by molar-refractivity contribution is 0.0698. The molecule has 2 rings (SSSR count). The van der Waals surface area contributed by atoms with E-state index in [2.05, 4.69) is 21.2 Å². The van der Waals surface area contributed by atoms with E-state index >= 15 is 0 Å². The molecule has 0 saturated heterocycles. The van der Waals surface area contributed by atoms with Crippen molar-refractivity contribution in [1.29, 1.82) is 0 Å². The monoisotopic (exact) mass is 319 g/mol. The summed E-state index contributed by atoms with van der Waals surface area (Å²) in [7, 11) is 0. The Kier molecular flexibility index (Phi) is 3.97. The molecule has 19 heavy (non-hydrogen) atoms. The first kappa shape index (κ1) is 13.3. The summed E-state index contributed by atoms with van der Waals surface area (Å²) in [4.78, 5) is 23.1. The van der Waals surface area contributed by atoms with Crippen LogP contribution in [0.5, 0.6) is 0 Å². The number of amides is 1. The summed E-state index contributed by atoms with van der Waals surface area (Å²) >= 11 is 3.20. The van der Waals surface area contributed by atoms with Crippen molar-refractivity contribution < 1.29 is 14.7 Å². The quantitative estimate of drug-likeness (QED) is 0.911. The van der Waals surface area contributed by atoms with Crippen LogP contribution >= 0.6 is 15.9 Å². The van der Waals surface area contributed by atoms with Crippen LogP contribution in [0, 0.1) is 0 Å². The van der Waals surface area contributed by atoms with Crippen LogP contribution in [0.1, 0.15) is 20.7 Å². The van der Waals surface area contributed by atoms with Gasteiger partial charge in [-0.2, -0.15) is 0 Å². The second-order valence-electron chi connectivity index (χ2n) is 3.82. The fraction of sp³-hybridized carbons (Fsp3) is 0. The minimum Gasteiger partial charge on any atom is -0.478 e. The molecule has 0 atom stereocenters. The molecule has 4 nitrogen and oxygen atoms in total. The van der Waals surface area contributed by atoms with Gasteiger partial charge < -0.3 is 10.4 Å². The topological polar surface area (TPSA) is 66.4 Å². The Morgan fingerprint density at radius 2 is 1.74 bits per heavy atom. The number of nitrogens with one attached hydrogen (secondary N) is 1. The molecule has 2 aromatic carbocycles. The maximum atomic E-state index is 12.0. The van der Waals surface area contributed by atoms with Gasteiger partial charge in [0.1, 0.15) is 0 Å². The van der Waals surface area contributed by atoms with Crippen LogP contribution in [-0.2, 0) is 0 Å². The van der Waals surface area contributed by atoms with Crippen molar-refractivity contribution in [1.82, 2.24) is 0 Å². The molecule has 96 valence electrons. The normalized spacial score (nSPS) is 9.95. The molecule has 1 amide bonds. The van der Waals surface area contributed by atoms with Crippen LogP contribution in [-0.4, -0.2) is 17.0 Å². The third-order valence-corrected chi connectivity index (χ3v) is 2.99. The predicted octanol–water partition coefficient (Wildman–Crippen LogP) is 3.40. The molecule has 0 aliphatic heterocycles. The predicted molar refractivity (Wildman–Crippen MR) is 75.5 cm³/mol. The van der Waals surface area contributed by atoms with E-state index in [0.717, 1.165) is 0 Å². The van der Waals surface area contributed by atoms with Crippen LogP contribution in [0.25, 0.3) is 0 Å². The van der Waals surface area contributed by atoms with Crippen LogP contribution < -0.4 is 5.32 Å². The maximum Gasteiger partial charge on any atom is 0.337 e. The second kappa shape index (κ2) is 5.67. The number of anilines is 1. The SMILES string of the molecule is O=C(Nc1ccc(Br)cc1C(=O)O)c1ccccc1. The minimum atomic E-state index is -1.09. The summed E-state index contributed by atoms with van der Waals surface area (Å²) in [5, 5.41) is 11.7. The molecule has 0 heterocycles. The van der Waals surface area contributed by atoms with Crippen molar-refractivity contribution in [3.8, 4) is 0 Å². The van der Waals surface area contributed by atoms with Gasteiger partial charge in [0.2, 0.25) is 0 Å². The molecule has 0 saturated carbocycles. The number of carboxylic acids is 1. The van der Waals surface area contributed by atoms with Crippen LogP contribution in [0.3, 0.4) is 0 Å². The zero-order valence-electron chi connectivity index (χ0n) is 9.76. The highest BCUT2D eigenvalue weighted by atomic mass is 79.9. The number of benzene rings is 2. The Hall–Kier alpha value is -2.14. The number of hydrogen-bond donors (Lipinski definition) is 2. The molecule has 0 fully saturated rings. The molecular formula is C14H10BrNO3. The van der Waals surface area contributed by atoms with E-state index in [0.29, 0.717) is 10.0 Å². The molecule has 0 bridgehead atoms. The smallest absolute Gasteiger partial charge is 0.337 e. The summed E-state index contributed by atoms with van der Waals surface area (Å²) in [6.07, 6.45) is 0. The Labute approximate surface area is 118 Å². The average Bonchev–Trinajstić information content (AvgIpc) is 2.41. The Bertz CT molecular complexity index is 626. The summed E-state index contributed by atoms with van der Waals surface area (Å²) < 4.78 is 0.641. The summed E-state index contributed by atoms with van der Waals surface area (Å²) in [6, 6.07) is 13.3. The zero-order chi connectivity index (χ0) is 13.8. The van der Waals surface area contributed by atoms with Gasteiger partial charge in [-0.3, -0.25) is 4.79 Å². The van der Waals surface area contributed by atoms with E-state index in [1.807, 2.05) is 0 Å².